The standard InChI is InChI=1S/C12H9BrFNO4S2/c1-15(10-3-2-8(13)5-9(10)14)21(18,19)11-4-7(6-20-11)12(16)17/h2-6H,1H3,(H,16,17). The van der Waals surface area contributed by atoms with Crippen LogP contribution in [0, 0.1) is 5.82 Å². The highest BCUT2D eigenvalue weighted by Gasteiger charge is 2.26. The Balaban J connectivity index is 2.44. The van der Waals surface area contributed by atoms with E-state index in [9.17, 15) is 17.6 Å². The minimum absolute atomic E-state index is 0.122. The fourth-order valence-electron chi connectivity index (χ4n) is 1.57. The number of anilines is 1. The van der Waals surface area contributed by atoms with Gasteiger partial charge in [-0.05, 0) is 24.3 Å². The van der Waals surface area contributed by atoms with Crippen molar-refractivity contribution in [3.63, 3.8) is 0 Å². The van der Waals surface area contributed by atoms with E-state index < -0.39 is 21.8 Å². The molecule has 0 aliphatic rings. The highest BCUT2D eigenvalue weighted by Crippen LogP contribution is 2.29. The normalized spacial score (nSPS) is 11.4. The number of hydrogen-bond acceptors (Lipinski definition) is 4. The number of benzene rings is 1. The number of carboxylic acid groups (broad SMARTS) is 1. The molecule has 1 aromatic carbocycles. The van der Waals surface area contributed by atoms with Crippen LogP contribution >= 0.6 is 27.3 Å². The van der Waals surface area contributed by atoms with Gasteiger partial charge in [-0.25, -0.2) is 17.6 Å². The number of aromatic carboxylic acids is 1. The summed E-state index contributed by atoms with van der Waals surface area (Å²) >= 11 is 3.86. The Bertz CT molecular complexity index is 803. The van der Waals surface area contributed by atoms with Gasteiger partial charge in [-0.1, -0.05) is 15.9 Å². The van der Waals surface area contributed by atoms with Gasteiger partial charge >= 0.3 is 5.97 Å². The molecular weight excluding hydrogens is 385 g/mol. The van der Waals surface area contributed by atoms with Crippen LogP contribution < -0.4 is 4.31 Å². The summed E-state index contributed by atoms with van der Waals surface area (Å²) < 4.78 is 39.7. The molecule has 0 spiro atoms. The van der Waals surface area contributed by atoms with E-state index in [1.807, 2.05) is 0 Å². The lowest BCUT2D eigenvalue weighted by Gasteiger charge is -2.19. The van der Waals surface area contributed by atoms with E-state index >= 15 is 0 Å². The molecule has 0 aliphatic carbocycles. The molecule has 0 amide bonds. The van der Waals surface area contributed by atoms with Crippen molar-refractivity contribution in [1.82, 2.24) is 0 Å². The first-order valence-electron chi connectivity index (χ1n) is 5.49. The highest BCUT2D eigenvalue weighted by molar-refractivity contribution is 9.10. The Kier molecular flexibility index (Phi) is 4.35. The van der Waals surface area contributed by atoms with Gasteiger partial charge in [-0.15, -0.1) is 11.3 Å². The largest absolute Gasteiger partial charge is 0.478 e. The van der Waals surface area contributed by atoms with Gasteiger partial charge in [0.25, 0.3) is 10.0 Å². The van der Waals surface area contributed by atoms with Crippen LogP contribution in [0.4, 0.5) is 10.1 Å². The monoisotopic (exact) mass is 393 g/mol. The van der Waals surface area contributed by atoms with Gasteiger partial charge in [0.2, 0.25) is 0 Å². The number of sulfonamides is 1. The first-order chi connectivity index (χ1) is 9.73. The molecule has 0 saturated carbocycles. The smallest absolute Gasteiger partial charge is 0.336 e. The van der Waals surface area contributed by atoms with Crippen molar-refractivity contribution in [2.45, 2.75) is 4.21 Å². The van der Waals surface area contributed by atoms with Crippen molar-refractivity contribution < 1.29 is 22.7 Å². The maximum Gasteiger partial charge on any atom is 0.336 e. The molecule has 0 bridgehead atoms. The average Bonchev–Trinajstić information content (AvgIpc) is 2.88. The Morgan fingerprint density at radius 3 is 2.57 bits per heavy atom. The van der Waals surface area contributed by atoms with E-state index in [1.165, 1.54) is 24.6 Å². The number of nitrogens with zero attached hydrogens (tertiary/aromatic N) is 1. The maximum atomic E-state index is 13.9. The molecule has 0 radical (unpaired) electrons. The summed E-state index contributed by atoms with van der Waals surface area (Å²) in [5, 5.41) is 10.1. The summed E-state index contributed by atoms with van der Waals surface area (Å²) in [5.41, 5.74) is -0.244. The first-order valence-corrected chi connectivity index (χ1v) is 8.60. The summed E-state index contributed by atoms with van der Waals surface area (Å²) in [6.07, 6.45) is 0. The van der Waals surface area contributed by atoms with E-state index in [0.717, 1.165) is 27.8 Å². The van der Waals surface area contributed by atoms with Gasteiger partial charge in [0.1, 0.15) is 10.0 Å². The number of carbonyl (C=O) groups is 1. The molecule has 5 nitrogen and oxygen atoms in total. The van der Waals surface area contributed by atoms with E-state index in [-0.39, 0.29) is 15.5 Å². The van der Waals surface area contributed by atoms with Crippen LogP contribution in [-0.2, 0) is 10.0 Å². The molecule has 1 aromatic heterocycles. The molecule has 9 heteroatoms. The minimum Gasteiger partial charge on any atom is -0.478 e. The zero-order valence-corrected chi connectivity index (χ0v) is 13.8. The molecule has 1 N–H and O–H groups in total. The molecule has 0 unspecified atom stereocenters. The predicted octanol–water partition coefficient (Wildman–Crippen LogP) is 3.17. The predicted molar refractivity (Wildman–Crippen MR) is 81.0 cm³/mol. The molecule has 2 aromatic rings. The van der Waals surface area contributed by atoms with E-state index in [2.05, 4.69) is 15.9 Å². The Labute approximate surface area is 132 Å². The second kappa shape index (κ2) is 5.74. The van der Waals surface area contributed by atoms with Gasteiger partial charge in [-0.3, -0.25) is 4.31 Å². The van der Waals surface area contributed by atoms with Gasteiger partial charge in [0.05, 0.1) is 11.3 Å². The van der Waals surface area contributed by atoms with Crippen molar-refractivity contribution in [1.29, 1.82) is 0 Å². The molecule has 0 atom stereocenters. The average molecular weight is 394 g/mol. The third kappa shape index (κ3) is 3.09. The fourth-order valence-corrected chi connectivity index (χ4v) is 4.42. The lowest BCUT2D eigenvalue weighted by molar-refractivity contribution is 0.0697. The lowest BCUT2D eigenvalue weighted by atomic mass is 10.3. The summed E-state index contributed by atoms with van der Waals surface area (Å²) in [7, 11) is -2.80. The second-order valence-electron chi connectivity index (χ2n) is 4.03. The quantitative estimate of drug-likeness (QED) is 0.865. The van der Waals surface area contributed by atoms with Gasteiger partial charge in [0, 0.05) is 16.9 Å². The summed E-state index contributed by atoms with van der Waals surface area (Å²) in [6.45, 7) is 0. The number of halogens is 2. The Morgan fingerprint density at radius 2 is 2.05 bits per heavy atom. The molecule has 0 saturated heterocycles. The van der Waals surface area contributed by atoms with Crippen molar-refractivity contribution in [2.75, 3.05) is 11.4 Å². The number of carboxylic acids is 1. The summed E-state index contributed by atoms with van der Waals surface area (Å²) in [6, 6.07) is 5.04. The summed E-state index contributed by atoms with van der Waals surface area (Å²) in [4.78, 5) is 10.8. The fraction of sp³-hybridized carbons (Fsp3) is 0.0833. The van der Waals surface area contributed by atoms with Crippen molar-refractivity contribution in [3.05, 3.63) is 45.5 Å². The van der Waals surface area contributed by atoms with Crippen LogP contribution in [0.1, 0.15) is 10.4 Å². The van der Waals surface area contributed by atoms with Crippen LogP contribution in [-0.4, -0.2) is 26.5 Å². The second-order valence-corrected chi connectivity index (χ2v) is 8.05. The Morgan fingerprint density at radius 1 is 1.38 bits per heavy atom. The van der Waals surface area contributed by atoms with Gasteiger partial charge in [-0.2, -0.15) is 0 Å². The molecule has 0 fully saturated rings. The Hall–Kier alpha value is -1.45. The minimum atomic E-state index is -4.01. The van der Waals surface area contributed by atoms with Crippen LogP contribution in [0.3, 0.4) is 0 Å². The number of hydrogen-bond donors (Lipinski definition) is 1. The van der Waals surface area contributed by atoms with Crippen LogP contribution in [0.15, 0.2) is 38.3 Å². The number of rotatable bonds is 4. The van der Waals surface area contributed by atoms with Crippen LogP contribution in [0.2, 0.25) is 0 Å². The SMILES string of the molecule is CN(c1ccc(Br)cc1F)S(=O)(=O)c1cc(C(=O)O)cs1. The highest BCUT2D eigenvalue weighted by atomic mass is 79.9. The summed E-state index contributed by atoms with van der Waals surface area (Å²) in [5.74, 6) is -1.92. The van der Waals surface area contributed by atoms with E-state index in [0.29, 0.717) is 4.47 Å². The molecule has 0 aliphatic heterocycles. The van der Waals surface area contributed by atoms with E-state index in [4.69, 9.17) is 5.11 Å². The van der Waals surface area contributed by atoms with Crippen molar-refractivity contribution in [2.24, 2.45) is 0 Å². The molecule has 1 heterocycles. The lowest BCUT2D eigenvalue weighted by Crippen LogP contribution is -2.26. The first kappa shape index (κ1) is 15.9. The third-order valence-electron chi connectivity index (χ3n) is 2.69. The molecular formula is C12H9BrFNO4S2. The van der Waals surface area contributed by atoms with Gasteiger partial charge in [0.15, 0.2) is 0 Å². The number of thiophene rings is 1. The van der Waals surface area contributed by atoms with Crippen molar-refractivity contribution >= 4 is 48.9 Å². The zero-order chi connectivity index (χ0) is 15.8. The maximum absolute atomic E-state index is 13.9. The van der Waals surface area contributed by atoms with E-state index in [1.54, 1.807) is 0 Å². The van der Waals surface area contributed by atoms with Crippen LogP contribution in [0.25, 0.3) is 0 Å². The van der Waals surface area contributed by atoms with Gasteiger partial charge < -0.3 is 5.11 Å². The van der Waals surface area contributed by atoms with Crippen LogP contribution in [0.5, 0.6) is 0 Å². The molecule has 112 valence electrons. The third-order valence-corrected chi connectivity index (χ3v) is 6.37. The van der Waals surface area contributed by atoms with Crippen molar-refractivity contribution in [3.8, 4) is 0 Å². The molecule has 2 rings (SSSR count). The topological polar surface area (TPSA) is 74.7 Å². The zero-order valence-electron chi connectivity index (χ0n) is 10.6. The molecule has 21 heavy (non-hydrogen) atoms.